The highest BCUT2D eigenvalue weighted by Gasteiger charge is 2.28. The van der Waals surface area contributed by atoms with Crippen molar-refractivity contribution in [3.05, 3.63) is 70.3 Å². The Bertz CT molecular complexity index is 797. The van der Waals surface area contributed by atoms with Gasteiger partial charge in [0.25, 0.3) is 0 Å². The summed E-state index contributed by atoms with van der Waals surface area (Å²) in [4.78, 5) is 12.3. The van der Waals surface area contributed by atoms with Crippen molar-refractivity contribution < 1.29 is 4.79 Å². The fraction of sp³-hybridized carbons (Fsp3) is 0.618. The molecule has 0 radical (unpaired) electrons. The van der Waals surface area contributed by atoms with E-state index >= 15 is 0 Å². The molecule has 3 rings (SSSR count). The molecule has 1 aromatic rings. The van der Waals surface area contributed by atoms with Crippen LogP contribution in [0.3, 0.4) is 0 Å². The molecular formula is C34H56O. The molecule has 0 heterocycles. The summed E-state index contributed by atoms with van der Waals surface area (Å²) < 4.78 is 0. The first-order valence-corrected chi connectivity index (χ1v) is 14.3. The number of Topliss-reactive ketones (excluding diaryl/α,β-unsaturated/α-hetero) is 1. The smallest absolute Gasteiger partial charge is 0.162 e. The second-order valence-electron chi connectivity index (χ2n) is 10.4. The lowest BCUT2D eigenvalue weighted by atomic mass is 9.75. The van der Waals surface area contributed by atoms with Gasteiger partial charge >= 0.3 is 0 Å². The maximum Gasteiger partial charge on any atom is 0.162 e. The third kappa shape index (κ3) is 12.6. The fourth-order valence-corrected chi connectivity index (χ4v) is 4.64. The molecule has 1 atom stereocenters. The van der Waals surface area contributed by atoms with Crippen LogP contribution in [0.15, 0.2) is 59.2 Å². The van der Waals surface area contributed by atoms with E-state index in [1.807, 2.05) is 34.6 Å². The third-order valence-electron chi connectivity index (χ3n) is 6.79. The molecule has 1 aromatic carbocycles. The van der Waals surface area contributed by atoms with Crippen molar-refractivity contribution in [1.29, 1.82) is 0 Å². The fourth-order valence-electron chi connectivity index (χ4n) is 4.64. The van der Waals surface area contributed by atoms with E-state index in [0.29, 0.717) is 18.3 Å². The van der Waals surface area contributed by atoms with Gasteiger partial charge < -0.3 is 0 Å². The zero-order valence-electron chi connectivity index (χ0n) is 24.9. The van der Waals surface area contributed by atoms with Crippen molar-refractivity contribution in [2.45, 2.75) is 121 Å². The highest BCUT2D eigenvalue weighted by atomic mass is 16.1. The number of hydrogen-bond donors (Lipinski definition) is 0. The first-order chi connectivity index (χ1) is 16.7. The summed E-state index contributed by atoms with van der Waals surface area (Å²) in [5.41, 5.74) is 7.23. The summed E-state index contributed by atoms with van der Waals surface area (Å²) in [6.07, 6.45) is 11.9. The Balaban J connectivity index is 0.000000975. The number of aryl methyl sites for hydroxylation is 2. The van der Waals surface area contributed by atoms with E-state index in [9.17, 15) is 4.79 Å². The topological polar surface area (TPSA) is 17.1 Å². The lowest BCUT2D eigenvalue weighted by molar-refractivity contribution is -0.115. The van der Waals surface area contributed by atoms with Gasteiger partial charge in [-0.2, -0.15) is 0 Å². The summed E-state index contributed by atoms with van der Waals surface area (Å²) in [6, 6.07) is 8.76. The van der Waals surface area contributed by atoms with Crippen molar-refractivity contribution in [3.8, 4) is 0 Å². The SMILES string of the molecule is C=C1CC(=O)C(C)=C(/C=C(/C)CCc2ccc(C)cc2)C1CC(C)C.CC.CC.CC1CCCC1. The number of allylic oxidation sites excluding steroid dienone is 5. The van der Waals surface area contributed by atoms with E-state index < -0.39 is 0 Å². The molecule has 0 saturated heterocycles. The average Bonchev–Trinajstić information content (AvgIpc) is 3.33. The van der Waals surface area contributed by atoms with Crippen molar-refractivity contribution in [3.63, 3.8) is 0 Å². The van der Waals surface area contributed by atoms with Gasteiger partial charge in [-0.05, 0) is 68.6 Å². The maximum atomic E-state index is 12.3. The molecular weight excluding hydrogens is 424 g/mol. The lowest BCUT2D eigenvalue weighted by Gasteiger charge is -2.29. The van der Waals surface area contributed by atoms with Crippen molar-refractivity contribution in [1.82, 2.24) is 0 Å². The van der Waals surface area contributed by atoms with Gasteiger partial charge in [-0.25, -0.2) is 0 Å². The number of ketones is 1. The third-order valence-corrected chi connectivity index (χ3v) is 6.79. The van der Waals surface area contributed by atoms with E-state index in [0.717, 1.165) is 36.3 Å². The second kappa shape index (κ2) is 18.4. The van der Waals surface area contributed by atoms with Gasteiger partial charge in [0.2, 0.25) is 0 Å². The van der Waals surface area contributed by atoms with Crippen LogP contribution in [-0.4, -0.2) is 5.78 Å². The van der Waals surface area contributed by atoms with Crippen molar-refractivity contribution in [2.75, 3.05) is 0 Å². The first kappa shape index (κ1) is 33.1. The zero-order valence-corrected chi connectivity index (χ0v) is 24.9. The minimum Gasteiger partial charge on any atom is -0.294 e. The Morgan fingerprint density at radius 3 is 2.03 bits per heavy atom. The van der Waals surface area contributed by atoms with Crippen molar-refractivity contribution >= 4 is 5.78 Å². The van der Waals surface area contributed by atoms with Gasteiger partial charge in [-0.15, -0.1) is 0 Å². The highest BCUT2D eigenvalue weighted by Crippen LogP contribution is 2.37. The molecule has 1 heteroatoms. The molecule has 0 spiro atoms. The Labute approximate surface area is 219 Å². The summed E-state index contributed by atoms with van der Waals surface area (Å²) in [5.74, 6) is 2.21. The van der Waals surface area contributed by atoms with E-state index in [1.54, 1.807) is 0 Å². The van der Waals surface area contributed by atoms with Crippen LogP contribution < -0.4 is 0 Å². The largest absolute Gasteiger partial charge is 0.294 e. The highest BCUT2D eigenvalue weighted by molar-refractivity contribution is 5.99. The Hall–Kier alpha value is -1.89. The van der Waals surface area contributed by atoms with Gasteiger partial charge in [0, 0.05) is 12.3 Å². The van der Waals surface area contributed by atoms with Crippen LogP contribution in [0.2, 0.25) is 0 Å². The zero-order chi connectivity index (χ0) is 27.0. The lowest BCUT2D eigenvalue weighted by Crippen LogP contribution is -2.21. The molecule has 1 saturated carbocycles. The van der Waals surface area contributed by atoms with Gasteiger partial charge in [0.05, 0.1) is 0 Å². The molecule has 2 aliphatic carbocycles. The van der Waals surface area contributed by atoms with Crippen LogP contribution in [0.4, 0.5) is 0 Å². The molecule has 198 valence electrons. The van der Waals surface area contributed by atoms with Crippen LogP contribution in [0, 0.1) is 24.7 Å². The predicted molar refractivity (Wildman–Crippen MR) is 158 cm³/mol. The normalized spacial score (nSPS) is 18.4. The maximum absolute atomic E-state index is 12.3. The minimum atomic E-state index is 0.239. The number of rotatable bonds is 6. The van der Waals surface area contributed by atoms with E-state index in [-0.39, 0.29) is 5.78 Å². The molecule has 2 aliphatic rings. The summed E-state index contributed by atoms with van der Waals surface area (Å²) >= 11 is 0. The van der Waals surface area contributed by atoms with Gasteiger partial charge in [-0.3, -0.25) is 4.79 Å². The average molecular weight is 481 g/mol. The molecule has 1 unspecified atom stereocenters. The minimum absolute atomic E-state index is 0.239. The van der Waals surface area contributed by atoms with Gasteiger partial charge in [0.1, 0.15) is 0 Å². The standard InChI is InChI=1S/C24H32O.C6H12.2C2H6/c1-16(2)13-22-19(5)15-24(25)20(6)23(22)14-18(4)9-12-21-10-7-17(3)8-11-21;1-6-4-2-3-5-6;2*1-2/h7-8,10-11,14,16,22H,5,9,12-13,15H2,1-4,6H3;6H,2-5H2,1H3;2*1-2H3/b18-14-;;;. The van der Waals surface area contributed by atoms with E-state index in [2.05, 4.69) is 71.5 Å². The number of carbonyl (C=O) groups is 1. The molecule has 0 amide bonds. The predicted octanol–water partition coefficient (Wildman–Crippen LogP) is 10.6. The molecule has 0 N–H and O–H groups in total. The number of carbonyl (C=O) groups excluding carboxylic acids is 1. The van der Waals surface area contributed by atoms with Crippen LogP contribution in [0.1, 0.15) is 118 Å². The van der Waals surface area contributed by atoms with Crippen LogP contribution >= 0.6 is 0 Å². The quantitative estimate of drug-likeness (QED) is 0.370. The summed E-state index contributed by atoms with van der Waals surface area (Å²) in [7, 11) is 0. The molecule has 0 aromatic heterocycles. The van der Waals surface area contributed by atoms with Gasteiger partial charge in [-0.1, -0.05) is 128 Å². The van der Waals surface area contributed by atoms with Crippen molar-refractivity contribution in [2.24, 2.45) is 17.8 Å². The Morgan fingerprint density at radius 2 is 1.57 bits per heavy atom. The first-order valence-electron chi connectivity index (χ1n) is 14.3. The molecule has 0 bridgehead atoms. The second-order valence-corrected chi connectivity index (χ2v) is 10.4. The van der Waals surface area contributed by atoms with Crippen LogP contribution in [0.25, 0.3) is 0 Å². The van der Waals surface area contributed by atoms with Crippen LogP contribution in [0.5, 0.6) is 0 Å². The molecule has 1 fully saturated rings. The number of hydrogen-bond acceptors (Lipinski definition) is 1. The number of benzene rings is 1. The summed E-state index contributed by atoms with van der Waals surface area (Å²) in [5, 5.41) is 0. The molecule has 35 heavy (non-hydrogen) atoms. The molecule has 1 nitrogen and oxygen atoms in total. The molecule has 0 aliphatic heterocycles. The Morgan fingerprint density at radius 1 is 1.03 bits per heavy atom. The monoisotopic (exact) mass is 480 g/mol. The van der Waals surface area contributed by atoms with Gasteiger partial charge in [0.15, 0.2) is 5.78 Å². The Kier molecular flexibility index (Phi) is 17.4. The summed E-state index contributed by atoms with van der Waals surface area (Å²) in [6.45, 7) is 25.3. The van der Waals surface area contributed by atoms with E-state index in [1.165, 1.54) is 48.0 Å². The van der Waals surface area contributed by atoms with Crippen LogP contribution in [-0.2, 0) is 11.2 Å². The van der Waals surface area contributed by atoms with E-state index in [4.69, 9.17) is 0 Å².